The first-order valence-electron chi connectivity index (χ1n) is 6.19. The topological polar surface area (TPSA) is 56.6 Å². The van der Waals surface area contributed by atoms with Crippen molar-refractivity contribution in [3.8, 4) is 0 Å². The molecule has 18 heavy (non-hydrogen) atoms. The molecule has 0 amide bonds. The Kier molecular flexibility index (Phi) is 4.25. The highest BCUT2D eigenvalue weighted by Gasteiger charge is 2.33. The third-order valence-corrected chi connectivity index (χ3v) is 4.18. The maximum absolute atomic E-state index is 9.38. The maximum atomic E-state index is 9.38. The number of aromatic nitrogens is 1. The Balaban J connectivity index is 2.09. The highest BCUT2D eigenvalue weighted by atomic mass is 79.9. The van der Waals surface area contributed by atoms with Crippen molar-refractivity contribution >= 4 is 21.7 Å². The van der Waals surface area contributed by atoms with Crippen molar-refractivity contribution in [2.75, 3.05) is 31.2 Å². The molecule has 100 valence electrons. The van der Waals surface area contributed by atoms with Crippen molar-refractivity contribution in [2.24, 2.45) is 5.41 Å². The molecular weight excluding hydrogens is 296 g/mol. The lowest BCUT2D eigenvalue weighted by molar-refractivity contribution is 0.0340. The summed E-state index contributed by atoms with van der Waals surface area (Å²) in [6, 6.07) is 4.00. The summed E-state index contributed by atoms with van der Waals surface area (Å²) in [4.78, 5) is 6.74. The quantitative estimate of drug-likeness (QED) is 0.892. The van der Waals surface area contributed by atoms with Gasteiger partial charge in [-0.3, -0.25) is 0 Å². The van der Waals surface area contributed by atoms with Crippen LogP contribution >= 0.6 is 15.9 Å². The predicted octanol–water partition coefficient (Wildman–Crippen LogP) is 1.72. The van der Waals surface area contributed by atoms with E-state index in [9.17, 15) is 10.2 Å². The average molecular weight is 315 g/mol. The first-order chi connectivity index (χ1) is 8.58. The monoisotopic (exact) mass is 314 g/mol. The number of pyridine rings is 1. The van der Waals surface area contributed by atoms with E-state index in [1.165, 1.54) is 0 Å². The van der Waals surface area contributed by atoms with Gasteiger partial charge in [-0.05, 0) is 31.9 Å². The SMILES string of the molecule is Cc1cc(Br)cc(N2CCC(CO)(CO)CC2)n1. The van der Waals surface area contributed by atoms with Gasteiger partial charge in [-0.2, -0.15) is 0 Å². The molecule has 0 aromatic carbocycles. The molecule has 1 aliphatic heterocycles. The fourth-order valence-electron chi connectivity index (χ4n) is 2.35. The van der Waals surface area contributed by atoms with E-state index < -0.39 is 0 Å². The Morgan fingerprint density at radius 2 is 1.89 bits per heavy atom. The Morgan fingerprint density at radius 3 is 2.39 bits per heavy atom. The minimum absolute atomic E-state index is 0.0578. The molecule has 1 fully saturated rings. The van der Waals surface area contributed by atoms with Crippen molar-refractivity contribution in [2.45, 2.75) is 19.8 Å². The van der Waals surface area contributed by atoms with Gasteiger partial charge >= 0.3 is 0 Å². The first-order valence-corrected chi connectivity index (χ1v) is 6.99. The number of aliphatic hydroxyl groups excluding tert-OH is 2. The zero-order chi connectivity index (χ0) is 13.2. The summed E-state index contributed by atoms with van der Waals surface area (Å²) in [5.74, 6) is 0.964. The highest BCUT2D eigenvalue weighted by Crippen LogP contribution is 2.32. The van der Waals surface area contributed by atoms with Gasteiger partial charge in [-0.1, -0.05) is 15.9 Å². The van der Waals surface area contributed by atoms with Crippen LogP contribution in [0.25, 0.3) is 0 Å². The number of anilines is 1. The van der Waals surface area contributed by atoms with E-state index in [1.807, 2.05) is 19.1 Å². The van der Waals surface area contributed by atoms with Crippen LogP contribution in [0.2, 0.25) is 0 Å². The summed E-state index contributed by atoms with van der Waals surface area (Å²) < 4.78 is 1.03. The molecule has 0 radical (unpaired) electrons. The summed E-state index contributed by atoms with van der Waals surface area (Å²) in [5.41, 5.74) is 0.679. The third kappa shape index (κ3) is 2.84. The molecule has 2 N–H and O–H groups in total. The lowest BCUT2D eigenvalue weighted by Crippen LogP contribution is -2.44. The summed E-state index contributed by atoms with van der Waals surface area (Å²) in [5, 5.41) is 18.8. The zero-order valence-electron chi connectivity index (χ0n) is 10.6. The van der Waals surface area contributed by atoms with E-state index >= 15 is 0 Å². The number of nitrogens with zero attached hydrogens (tertiary/aromatic N) is 2. The standard InChI is InChI=1S/C13H19BrN2O2/c1-10-6-11(14)7-12(15-10)16-4-2-13(8-17,9-18)3-5-16/h6-7,17-18H,2-5,8-9H2,1H3. The van der Waals surface area contributed by atoms with Crippen LogP contribution in [0.1, 0.15) is 18.5 Å². The van der Waals surface area contributed by atoms with Crippen LogP contribution in [0.5, 0.6) is 0 Å². The number of halogens is 1. The maximum Gasteiger partial charge on any atom is 0.129 e. The van der Waals surface area contributed by atoms with E-state index in [-0.39, 0.29) is 18.6 Å². The minimum Gasteiger partial charge on any atom is -0.396 e. The molecule has 1 saturated heterocycles. The van der Waals surface area contributed by atoms with Crippen LogP contribution < -0.4 is 4.90 Å². The van der Waals surface area contributed by atoms with Gasteiger partial charge in [-0.15, -0.1) is 0 Å². The average Bonchev–Trinajstić information content (AvgIpc) is 2.38. The molecule has 0 unspecified atom stereocenters. The fraction of sp³-hybridized carbons (Fsp3) is 0.615. The van der Waals surface area contributed by atoms with Crippen LogP contribution in [0.4, 0.5) is 5.82 Å². The summed E-state index contributed by atoms with van der Waals surface area (Å²) in [7, 11) is 0. The van der Waals surface area contributed by atoms with Gasteiger partial charge in [0, 0.05) is 28.7 Å². The van der Waals surface area contributed by atoms with Gasteiger partial charge in [0.15, 0.2) is 0 Å². The number of rotatable bonds is 3. The van der Waals surface area contributed by atoms with Gasteiger partial charge in [-0.25, -0.2) is 4.98 Å². The van der Waals surface area contributed by atoms with E-state index in [1.54, 1.807) is 0 Å². The van der Waals surface area contributed by atoms with Crippen LogP contribution in [0.15, 0.2) is 16.6 Å². The molecule has 0 aliphatic carbocycles. The second-order valence-corrected chi connectivity index (χ2v) is 6.00. The molecule has 0 spiro atoms. The molecular formula is C13H19BrN2O2. The van der Waals surface area contributed by atoms with Gasteiger partial charge in [0.1, 0.15) is 5.82 Å². The van der Waals surface area contributed by atoms with Crippen LogP contribution in [0, 0.1) is 12.3 Å². The predicted molar refractivity (Wildman–Crippen MR) is 74.7 cm³/mol. The lowest BCUT2D eigenvalue weighted by atomic mass is 9.80. The molecule has 4 nitrogen and oxygen atoms in total. The van der Waals surface area contributed by atoms with Crippen molar-refractivity contribution in [1.82, 2.24) is 4.98 Å². The number of aryl methyl sites for hydroxylation is 1. The molecule has 1 aromatic rings. The van der Waals surface area contributed by atoms with Gasteiger partial charge in [0.05, 0.1) is 13.2 Å². The van der Waals surface area contributed by atoms with Gasteiger partial charge in [0.25, 0.3) is 0 Å². The van der Waals surface area contributed by atoms with E-state index in [2.05, 4.69) is 25.8 Å². The van der Waals surface area contributed by atoms with Crippen molar-refractivity contribution in [1.29, 1.82) is 0 Å². The molecule has 0 bridgehead atoms. The summed E-state index contributed by atoms with van der Waals surface area (Å²) >= 11 is 3.48. The molecule has 5 heteroatoms. The summed E-state index contributed by atoms with van der Waals surface area (Å²) in [6.07, 6.45) is 1.60. The number of hydrogen-bond donors (Lipinski definition) is 2. The van der Waals surface area contributed by atoms with Crippen molar-refractivity contribution < 1.29 is 10.2 Å². The first kappa shape index (κ1) is 13.8. The molecule has 1 aromatic heterocycles. The van der Waals surface area contributed by atoms with Crippen molar-refractivity contribution in [3.63, 3.8) is 0 Å². The minimum atomic E-state index is -0.308. The van der Waals surface area contributed by atoms with E-state index in [0.717, 1.165) is 41.9 Å². The van der Waals surface area contributed by atoms with E-state index in [0.29, 0.717) is 0 Å². The molecule has 1 aliphatic rings. The Morgan fingerprint density at radius 1 is 1.28 bits per heavy atom. The van der Waals surface area contributed by atoms with Crippen LogP contribution in [0.3, 0.4) is 0 Å². The van der Waals surface area contributed by atoms with Crippen LogP contribution in [-0.2, 0) is 0 Å². The van der Waals surface area contributed by atoms with Gasteiger partial charge in [0.2, 0.25) is 0 Å². The van der Waals surface area contributed by atoms with Crippen LogP contribution in [-0.4, -0.2) is 41.5 Å². The largest absolute Gasteiger partial charge is 0.396 e. The molecule has 0 atom stereocenters. The molecule has 2 heterocycles. The Hall–Kier alpha value is -0.650. The Bertz CT molecular complexity index is 391. The fourth-order valence-corrected chi connectivity index (χ4v) is 2.88. The second kappa shape index (κ2) is 5.55. The second-order valence-electron chi connectivity index (χ2n) is 5.09. The normalized spacial score (nSPS) is 19.0. The number of piperidine rings is 1. The number of hydrogen-bond acceptors (Lipinski definition) is 4. The Labute approximate surface area is 116 Å². The molecule has 2 rings (SSSR count). The zero-order valence-corrected chi connectivity index (χ0v) is 12.2. The van der Waals surface area contributed by atoms with Crippen molar-refractivity contribution in [3.05, 3.63) is 22.3 Å². The summed E-state index contributed by atoms with van der Waals surface area (Å²) in [6.45, 7) is 3.74. The highest BCUT2D eigenvalue weighted by molar-refractivity contribution is 9.10. The third-order valence-electron chi connectivity index (χ3n) is 3.72. The lowest BCUT2D eigenvalue weighted by Gasteiger charge is -2.40. The number of aliphatic hydroxyl groups is 2. The van der Waals surface area contributed by atoms with E-state index in [4.69, 9.17) is 0 Å². The molecule has 0 saturated carbocycles. The smallest absolute Gasteiger partial charge is 0.129 e. The van der Waals surface area contributed by atoms with Gasteiger partial charge < -0.3 is 15.1 Å².